The minimum absolute atomic E-state index is 0.528. The van der Waals surface area contributed by atoms with E-state index in [2.05, 4.69) is 25.9 Å². The maximum absolute atomic E-state index is 4.39. The lowest BCUT2D eigenvalue weighted by Crippen LogP contribution is -2.35. The standard InChI is InChI=1S/C11H19N5/c1-8-14-10(12-2)7-11(15-8)16-9-3-5-13-6-4-9/h7,9,13H,3-6H2,1-2H3,(H2,12,14,15,16). The molecule has 0 atom stereocenters. The molecule has 1 aliphatic heterocycles. The lowest BCUT2D eigenvalue weighted by Gasteiger charge is -2.24. The third-order valence-corrected chi connectivity index (χ3v) is 2.79. The predicted molar refractivity (Wildman–Crippen MR) is 65.8 cm³/mol. The Labute approximate surface area is 96.1 Å². The van der Waals surface area contributed by atoms with Gasteiger partial charge in [-0.25, -0.2) is 9.97 Å². The van der Waals surface area contributed by atoms with Gasteiger partial charge in [0.2, 0.25) is 0 Å². The van der Waals surface area contributed by atoms with Crippen LogP contribution in [0.15, 0.2) is 6.07 Å². The summed E-state index contributed by atoms with van der Waals surface area (Å²) in [7, 11) is 1.87. The second-order valence-electron chi connectivity index (χ2n) is 4.10. The van der Waals surface area contributed by atoms with Gasteiger partial charge in [0.15, 0.2) is 0 Å². The molecule has 3 N–H and O–H groups in total. The van der Waals surface area contributed by atoms with E-state index in [1.807, 2.05) is 20.0 Å². The van der Waals surface area contributed by atoms with E-state index in [1.165, 1.54) is 0 Å². The molecule has 2 heterocycles. The van der Waals surface area contributed by atoms with Crippen LogP contribution < -0.4 is 16.0 Å². The van der Waals surface area contributed by atoms with E-state index < -0.39 is 0 Å². The van der Waals surface area contributed by atoms with E-state index in [0.29, 0.717) is 6.04 Å². The van der Waals surface area contributed by atoms with Gasteiger partial charge in [0.05, 0.1) is 0 Å². The third kappa shape index (κ3) is 2.82. The van der Waals surface area contributed by atoms with Gasteiger partial charge in [-0.2, -0.15) is 0 Å². The van der Waals surface area contributed by atoms with Crippen LogP contribution >= 0.6 is 0 Å². The van der Waals surface area contributed by atoms with Crippen molar-refractivity contribution in [3.8, 4) is 0 Å². The van der Waals surface area contributed by atoms with E-state index in [4.69, 9.17) is 0 Å². The molecule has 1 saturated heterocycles. The fraction of sp³-hybridized carbons (Fsp3) is 0.636. The maximum Gasteiger partial charge on any atom is 0.132 e. The number of nitrogens with zero attached hydrogens (tertiary/aromatic N) is 2. The van der Waals surface area contributed by atoms with Crippen molar-refractivity contribution in [2.45, 2.75) is 25.8 Å². The Morgan fingerprint density at radius 2 is 1.94 bits per heavy atom. The summed E-state index contributed by atoms with van der Waals surface area (Å²) in [6.07, 6.45) is 2.30. The van der Waals surface area contributed by atoms with E-state index in [9.17, 15) is 0 Å². The first-order valence-corrected chi connectivity index (χ1v) is 5.78. The summed E-state index contributed by atoms with van der Waals surface area (Å²) in [4.78, 5) is 8.66. The van der Waals surface area contributed by atoms with E-state index >= 15 is 0 Å². The molecule has 0 radical (unpaired) electrons. The van der Waals surface area contributed by atoms with Gasteiger partial charge in [0, 0.05) is 19.2 Å². The molecule has 0 bridgehead atoms. The van der Waals surface area contributed by atoms with Gasteiger partial charge in [-0.1, -0.05) is 0 Å². The van der Waals surface area contributed by atoms with Crippen molar-refractivity contribution in [2.24, 2.45) is 0 Å². The summed E-state index contributed by atoms with van der Waals surface area (Å²) in [5.41, 5.74) is 0. The molecule has 0 spiro atoms. The molecular weight excluding hydrogens is 202 g/mol. The summed E-state index contributed by atoms with van der Waals surface area (Å²) in [5.74, 6) is 2.58. The number of rotatable bonds is 3. The Hall–Kier alpha value is -1.36. The van der Waals surface area contributed by atoms with Gasteiger partial charge < -0.3 is 16.0 Å². The molecule has 5 heteroatoms. The number of hydrogen-bond donors (Lipinski definition) is 3. The number of aryl methyl sites for hydroxylation is 1. The summed E-state index contributed by atoms with van der Waals surface area (Å²) in [5, 5.41) is 9.86. The molecule has 1 fully saturated rings. The second-order valence-corrected chi connectivity index (χ2v) is 4.10. The molecule has 0 aliphatic carbocycles. The van der Waals surface area contributed by atoms with Crippen LogP contribution in [0.25, 0.3) is 0 Å². The topological polar surface area (TPSA) is 61.9 Å². The van der Waals surface area contributed by atoms with Gasteiger partial charge in [0.25, 0.3) is 0 Å². The fourth-order valence-corrected chi connectivity index (χ4v) is 1.95. The van der Waals surface area contributed by atoms with Crippen LogP contribution in [-0.4, -0.2) is 36.1 Å². The van der Waals surface area contributed by atoms with Crippen molar-refractivity contribution in [3.63, 3.8) is 0 Å². The minimum atomic E-state index is 0.528. The van der Waals surface area contributed by atoms with Crippen molar-refractivity contribution in [2.75, 3.05) is 30.8 Å². The molecule has 1 aliphatic rings. The summed E-state index contributed by atoms with van der Waals surface area (Å²) < 4.78 is 0. The van der Waals surface area contributed by atoms with Gasteiger partial charge in [-0.3, -0.25) is 0 Å². The van der Waals surface area contributed by atoms with Gasteiger partial charge in [0.1, 0.15) is 17.5 Å². The first-order valence-electron chi connectivity index (χ1n) is 5.78. The highest BCUT2D eigenvalue weighted by Gasteiger charge is 2.13. The first kappa shape index (κ1) is 11.1. The van der Waals surface area contributed by atoms with Crippen molar-refractivity contribution in [1.29, 1.82) is 0 Å². The number of anilines is 2. The molecule has 1 aromatic heterocycles. The molecule has 0 saturated carbocycles. The van der Waals surface area contributed by atoms with Crippen LogP contribution in [0.2, 0.25) is 0 Å². The van der Waals surface area contributed by atoms with E-state index in [-0.39, 0.29) is 0 Å². The Balaban J connectivity index is 2.04. The number of aromatic nitrogens is 2. The number of nitrogens with one attached hydrogen (secondary N) is 3. The molecule has 1 aromatic rings. The van der Waals surface area contributed by atoms with Crippen LogP contribution in [0.5, 0.6) is 0 Å². The minimum Gasteiger partial charge on any atom is -0.373 e. The molecule has 0 aromatic carbocycles. The zero-order valence-corrected chi connectivity index (χ0v) is 9.88. The average Bonchev–Trinajstić information content (AvgIpc) is 2.29. The van der Waals surface area contributed by atoms with Gasteiger partial charge in [-0.15, -0.1) is 0 Å². The molecule has 2 rings (SSSR count). The SMILES string of the molecule is CNc1cc(NC2CCNCC2)nc(C)n1. The second kappa shape index (κ2) is 5.12. The highest BCUT2D eigenvalue weighted by Crippen LogP contribution is 2.14. The maximum atomic E-state index is 4.39. The van der Waals surface area contributed by atoms with Crippen LogP contribution in [0, 0.1) is 6.92 Å². The van der Waals surface area contributed by atoms with Crippen molar-refractivity contribution >= 4 is 11.6 Å². The predicted octanol–water partition coefficient (Wildman–Crippen LogP) is 0.991. The van der Waals surface area contributed by atoms with Crippen molar-refractivity contribution in [1.82, 2.24) is 15.3 Å². The smallest absolute Gasteiger partial charge is 0.132 e. The Bertz CT molecular complexity index is 346. The van der Waals surface area contributed by atoms with E-state index in [1.54, 1.807) is 0 Å². The summed E-state index contributed by atoms with van der Waals surface area (Å²) >= 11 is 0. The number of hydrogen-bond acceptors (Lipinski definition) is 5. The molecule has 5 nitrogen and oxygen atoms in total. The van der Waals surface area contributed by atoms with Crippen molar-refractivity contribution < 1.29 is 0 Å². The van der Waals surface area contributed by atoms with Crippen molar-refractivity contribution in [3.05, 3.63) is 11.9 Å². The zero-order valence-electron chi connectivity index (χ0n) is 9.88. The largest absolute Gasteiger partial charge is 0.373 e. The highest BCUT2D eigenvalue weighted by molar-refractivity contribution is 5.47. The fourth-order valence-electron chi connectivity index (χ4n) is 1.95. The van der Waals surface area contributed by atoms with E-state index in [0.717, 1.165) is 43.4 Å². The van der Waals surface area contributed by atoms with Crippen LogP contribution in [0.3, 0.4) is 0 Å². The Morgan fingerprint density at radius 3 is 2.62 bits per heavy atom. The molecule has 88 valence electrons. The zero-order chi connectivity index (χ0) is 11.4. The normalized spacial score (nSPS) is 17.1. The molecule has 16 heavy (non-hydrogen) atoms. The lowest BCUT2D eigenvalue weighted by molar-refractivity contribution is 0.478. The van der Waals surface area contributed by atoms with Gasteiger partial charge in [-0.05, 0) is 32.9 Å². The molecular formula is C11H19N5. The summed E-state index contributed by atoms with van der Waals surface area (Å²) in [6, 6.07) is 2.48. The molecule has 0 amide bonds. The third-order valence-electron chi connectivity index (χ3n) is 2.79. The average molecular weight is 221 g/mol. The monoisotopic (exact) mass is 221 g/mol. The number of piperidine rings is 1. The lowest BCUT2D eigenvalue weighted by atomic mass is 10.1. The Kier molecular flexibility index (Phi) is 3.56. The highest BCUT2D eigenvalue weighted by atomic mass is 15.1. The quantitative estimate of drug-likeness (QED) is 0.710. The Morgan fingerprint density at radius 1 is 1.25 bits per heavy atom. The van der Waals surface area contributed by atoms with Gasteiger partial charge >= 0.3 is 0 Å². The van der Waals surface area contributed by atoms with Crippen LogP contribution in [0.1, 0.15) is 18.7 Å². The molecule has 0 unspecified atom stereocenters. The van der Waals surface area contributed by atoms with Crippen LogP contribution in [0.4, 0.5) is 11.6 Å². The van der Waals surface area contributed by atoms with Crippen LogP contribution in [-0.2, 0) is 0 Å². The summed E-state index contributed by atoms with van der Waals surface area (Å²) in [6.45, 7) is 4.08. The first-order chi connectivity index (χ1) is 7.78.